The molecule has 3 N–H and O–H groups in total. The van der Waals surface area contributed by atoms with Crippen molar-refractivity contribution in [3.8, 4) is 5.75 Å². The summed E-state index contributed by atoms with van der Waals surface area (Å²) in [5.74, 6) is -1.47. The van der Waals surface area contributed by atoms with Crippen LogP contribution in [0.4, 0.5) is 5.00 Å². The molecule has 0 bridgehead atoms. The number of nitrogens with zero attached hydrogens (tertiary/aromatic N) is 2. The molecule has 0 radical (unpaired) electrons. The standard InChI is InChI=1S/C20H19ClN4O5S/c1-3-29-20(28)15-11(2)16(17(22)26)31-19(15)24-18(27)13-8-9-23-25(13)10-30-14-7-5-4-6-12(14)21/h4-9H,3,10H2,1-2H3,(H2,22,26)(H,24,27). The lowest BCUT2D eigenvalue weighted by Gasteiger charge is -2.11. The van der Waals surface area contributed by atoms with Crippen LogP contribution < -0.4 is 15.8 Å². The lowest BCUT2D eigenvalue weighted by atomic mass is 10.1. The summed E-state index contributed by atoms with van der Waals surface area (Å²) >= 11 is 6.98. The molecular formula is C20H19ClN4O5S. The maximum atomic E-state index is 12.9. The van der Waals surface area contributed by atoms with Crippen LogP contribution in [0.3, 0.4) is 0 Å². The van der Waals surface area contributed by atoms with E-state index in [1.807, 2.05) is 0 Å². The summed E-state index contributed by atoms with van der Waals surface area (Å²) in [5.41, 5.74) is 6.01. The van der Waals surface area contributed by atoms with Gasteiger partial charge in [-0.25, -0.2) is 9.48 Å². The van der Waals surface area contributed by atoms with Gasteiger partial charge in [0.05, 0.1) is 22.1 Å². The highest BCUT2D eigenvalue weighted by atomic mass is 35.5. The van der Waals surface area contributed by atoms with Crippen molar-refractivity contribution in [2.75, 3.05) is 11.9 Å². The Morgan fingerprint density at radius 1 is 1.26 bits per heavy atom. The van der Waals surface area contributed by atoms with Gasteiger partial charge in [-0.3, -0.25) is 9.59 Å². The first-order chi connectivity index (χ1) is 14.8. The normalized spacial score (nSPS) is 10.5. The van der Waals surface area contributed by atoms with Gasteiger partial charge in [0.1, 0.15) is 16.4 Å². The molecule has 9 nitrogen and oxygen atoms in total. The highest BCUT2D eigenvalue weighted by molar-refractivity contribution is 7.18. The molecular weight excluding hydrogens is 444 g/mol. The number of hydrogen-bond acceptors (Lipinski definition) is 7. The Bertz CT molecular complexity index is 1140. The van der Waals surface area contributed by atoms with Crippen molar-refractivity contribution in [2.45, 2.75) is 20.6 Å². The minimum absolute atomic E-state index is 0.0692. The van der Waals surface area contributed by atoms with Crippen molar-refractivity contribution in [2.24, 2.45) is 5.73 Å². The van der Waals surface area contributed by atoms with Crippen molar-refractivity contribution in [1.29, 1.82) is 0 Å². The molecule has 2 heterocycles. The number of nitrogens with two attached hydrogens (primary N) is 1. The second kappa shape index (κ2) is 9.63. The Morgan fingerprint density at radius 3 is 2.68 bits per heavy atom. The van der Waals surface area contributed by atoms with Crippen molar-refractivity contribution in [3.63, 3.8) is 0 Å². The summed E-state index contributed by atoms with van der Waals surface area (Å²) in [6.07, 6.45) is 1.44. The minimum atomic E-state index is -0.702. The van der Waals surface area contributed by atoms with Crippen LogP contribution >= 0.6 is 22.9 Å². The number of rotatable bonds is 8. The van der Waals surface area contributed by atoms with E-state index in [1.165, 1.54) is 16.9 Å². The predicted octanol–water partition coefficient (Wildman–Crippen LogP) is 3.47. The first-order valence-electron chi connectivity index (χ1n) is 9.14. The molecule has 162 valence electrons. The first kappa shape index (κ1) is 22.3. The van der Waals surface area contributed by atoms with Gasteiger partial charge in [0.25, 0.3) is 11.8 Å². The van der Waals surface area contributed by atoms with E-state index in [0.29, 0.717) is 16.3 Å². The molecule has 2 aromatic heterocycles. The number of benzene rings is 1. The van der Waals surface area contributed by atoms with E-state index in [4.69, 9.17) is 26.8 Å². The van der Waals surface area contributed by atoms with Gasteiger partial charge >= 0.3 is 5.97 Å². The average molecular weight is 463 g/mol. The number of esters is 1. The number of aromatic nitrogens is 2. The summed E-state index contributed by atoms with van der Waals surface area (Å²) in [4.78, 5) is 37.1. The molecule has 0 atom stereocenters. The van der Waals surface area contributed by atoms with Gasteiger partial charge in [-0.05, 0) is 37.6 Å². The van der Waals surface area contributed by atoms with E-state index in [9.17, 15) is 14.4 Å². The van der Waals surface area contributed by atoms with E-state index >= 15 is 0 Å². The molecule has 0 saturated heterocycles. The number of halogens is 1. The van der Waals surface area contributed by atoms with Crippen LogP contribution in [0.5, 0.6) is 5.75 Å². The summed E-state index contributed by atoms with van der Waals surface area (Å²) < 4.78 is 12.0. The molecule has 0 saturated carbocycles. The molecule has 0 aliphatic carbocycles. The van der Waals surface area contributed by atoms with E-state index in [0.717, 1.165) is 11.3 Å². The van der Waals surface area contributed by atoms with Gasteiger partial charge in [-0.1, -0.05) is 23.7 Å². The maximum absolute atomic E-state index is 12.9. The lowest BCUT2D eigenvalue weighted by Crippen LogP contribution is -2.20. The fourth-order valence-corrected chi connectivity index (χ4v) is 4.01. The average Bonchev–Trinajstić information content (AvgIpc) is 3.32. The van der Waals surface area contributed by atoms with Gasteiger partial charge in [0, 0.05) is 6.20 Å². The van der Waals surface area contributed by atoms with Crippen LogP contribution in [-0.4, -0.2) is 34.2 Å². The van der Waals surface area contributed by atoms with Crippen LogP contribution in [0.1, 0.15) is 43.0 Å². The topological polar surface area (TPSA) is 126 Å². The Labute approximate surface area is 186 Å². The molecule has 0 spiro atoms. The number of hydrogen-bond donors (Lipinski definition) is 2. The zero-order chi connectivity index (χ0) is 22.5. The quantitative estimate of drug-likeness (QED) is 0.493. The minimum Gasteiger partial charge on any atom is -0.470 e. The molecule has 0 unspecified atom stereocenters. The van der Waals surface area contributed by atoms with Gasteiger partial charge in [0.15, 0.2) is 6.73 Å². The van der Waals surface area contributed by atoms with E-state index in [-0.39, 0.29) is 34.5 Å². The van der Waals surface area contributed by atoms with Crippen molar-refractivity contribution < 1.29 is 23.9 Å². The Balaban J connectivity index is 1.83. The molecule has 3 aromatic rings. The number of primary amides is 1. The second-order valence-corrected chi connectivity index (χ2v) is 7.65. The summed E-state index contributed by atoms with van der Waals surface area (Å²) in [5, 5.41) is 7.32. The van der Waals surface area contributed by atoms with Crippen molar-refractivity contribution >= 4 is 45.7 Å². The van der Waals surface area contributed by atoms with Crippen LogP contribution in [0.25, 0.3) is 0 Å². The lowest BCUT2D eigenvalue weighted by molar-refractivity contribution is 0.0527. The van der Waals surface area contributed by atoms with E-state index < -0.39 is 17.8 Å². The smallest absolute Gasteiger partial charge is 0.341 e. The highest BCUT2D eigenvalue weighted by Gasteiger charge is 2.26. The van der Waals surface area contributed by atoms with Crippen LogP contribution in [0.15, 0.2) is 36.5 Å². The Hall–Kier alpha value is -3.37. The Kier molecular flexibility index (Phi) is 6.93. The van der Waals surface area contributed by atoms with Crippen molar-refractivity contribution in [1.82, 2.24) is 9.78 Å². The monoisotopic (exact) mass is 462 g/mol. The molecule has 11 heteroatoms. The molecule has 31 heavy (non-hydrogen) atoms. The number of carbonyl (C=O) groups excluding carboxylic acids is 3. The van der Waals surface area contributed by atoms with E-state index in [1.54, 1.807) is 38.1 Å². The third-order valence-electron chi connectivity index (χ3n) is 4.21. The SMILES string of the molecule is CCOC(=O)c1c(NC(=O)c2ccnn2COc2ccccc2Cl)sc(C(N)=O)c1C. The number of carbonyl (C=O) groups is 3. The van der Waals surface area contributed by atoms with Crippen LogP contribution in [0.2, 0.25) is 5.02 Å². The zero-order valence-corrected chi connectivity index (χ0v) is 18.2. The third-order valence-corrected chi connectivity index (χ3v) is 5.74. The predicted molar refractivity (Wildman–Crippen MR) is 116 cm³/mol. The second-order valence-electron chi connectivity index (χ2n) is 6.22. The van der Waals surface area contributed by atoms with Gasteiger partial charge in [0.2, 0.25) is 0 Å². The number of ether oxygens (including phenoxy) is 2. The van der Waals surface area contributed by atoms with Crippen LogP contribution in [-0.2, 0) is 11.5 Å². The number of thiophene rings is 1. The number of amides is 2. The first-order valence-corrected chi connectivity index (χ1v) is 10.3. The van der Waals surface area contributed by atoms with Gasteiger partial charge in [-0.15, -0.1) is 11.3 Å². The number of anilines is 1. The summed E-state index contributed by atoms with van der Waals surface area (Å²) in [7, 11) is 0. The van der Waals surface area contributed by atoms with E-state index in [2.05, 4.69) is 10.4 Å². The fraction of sp³-hybridized carbons (Fsp3) is 0.200. The van der Waals surface area contributed by atoms with Gasteiger partial charge < -0.3 is 20.5 Å². The largest absolute Gasteiger partial charge is 0.470 e. The van der Waals surface area contributed by atoms with Crippen molar-refractivity contribution in [3.05, 3.63) is 63.2 Å². The summed E-state index contributed by atoms with van der Waals surface area (Å²) in [6.45, 7) is 3.30. The van der Waals surface area contributed by atoms with Crippen LogP contribution in [0, 0.1) is 6.92 Å². The number of para-hydroxylation sites is 1. The zero-order valence-electron chi connectivity index (χ0n) is 16.7. The van der Waals surface area contributed by atoms with Gasteiger partial charge in [-0.2, -0.15) is 5.10 Å². The molecule has 0 aliphatic rings. The summed E-state index contributed by atoms with van der Waals surface area (Å²) in [6, 6.07) is 8.40. The Morgan fingerprint density at radius 2 is 2.00 bits per heavy atom. The molecule has 0 aliphatic heterocycles. The molecule has 2 amide bonds. The fourth-order valence-electron chi connectivity index (χ4n) is 2.77. The third kappa shape index (κ3) is 4.86. The molecule has 1 aromatic carbocycles. The highest BCUT2D eigenvalue weighted by Crippen LogP contribution is 2.34. The maximum Gasteiger partial charge on any atom is 0.341 e. The molecule has 3 rings (SSSR count). The number of nitrogens with one attached hydrogen (secondary N) is 1. The molecule has 0 fully saturated rings.